The minimum atomic E-state index is -0.720. The van der Waals surface area contributed by atoms with Gasteiger partial charge in [-0.1, -0.05) is 48.5 Å². The minimum Gasteiger partial charge on any atom is -0.493 e. The number of nitrogens with one attached hydrogen (secondary N) is 2. The molecule has 7 nitrogen and oxygen atoms in total. The van der Waals surface area contributed by atoms with E-state index in [-0.39, 0.29) is 11.9 Å². The predicted octanol–water partition coefficient (Wildman–Crippen LogP) is 4.02. The molecule has 34 heavy (non-hydrogen) atoms. The summed E-state index contributed by atoms with van der Waals surface area (Å²) in [5.74, 6) is 1.06. The molecule has 0 saturated heterocycles. The number of fused-ring (bicyclic) bond motifs is 1. The molecule has 176 valence electrons. The Morgan fingerprint density at radius 2 is 1.53 bits per heavy atom. The fraction of sp³-hybridized carbons (Fsp3) is 0.259. The van der Waals surface area contributed by atoms with Crippen molar-refractivity contribution in [1.82, 2.24) is 10.2 Å². The molecule has 4 rings (SSSR count). The van der Waals surface area contributed by atoms with E-state index >= 15 is 0 Å². The topological polar surface area (TPSA) is 79.9 Å². The van der Waals surface area contributed by atoms with Gasteiger partial charge in [-0.25, -0.2) is 4.79 Å². The van der Waals surface area contributed by atoms with Crippen LogP contribution in [-0.2, 0) is 24.2 Å². The fourth-order valence-corrected chi connectivity index (χ4v) is 4.11. The van der Waals surface area contributed by atoms with E-state index in [9.17, 15) is 9.59 Å². The molecular weight excluding hydrogens is 430 g/mol. The van der Waals surface area contributed by atoms with Crippen LogP contribution in [0.3, 0.4) is 0 Å². The molecule has 1 atom stereocenters. The maximum absolute atomic E-state index is 13.2. The number of hydrogen-bond donors (Lipinski definition) is 2. The number of urea groups is 1. The van der Waals surface area contributed by atoms with Crippen molar-refractivity contribution in [3.63, 3.8) is 0 Å². The summed E-state index contributed by atoms with van der Waals surface area (Å²) in [5, 5.41) is 5.87. The SMILES string of the molecule is COc1cc2c(cc1OC)CN(C(=O)N[C@@H](Cc1ccccc1)C(=O)Nc1ccccc1)CC2. The van der Waals surface area contributed by atoms with E-state index in [1.165, 1.54) is 0 Å². The second kappa shape index (κ2) is 10.7. The standard InChI is InChI=1S/C27H29N3O4/c1-33-24-16-20-13-14-30(18-21(20)17-25(24)34-2)27(32)29-23(15-19-9-5-3-6-10-19)26(31)28-22-11-7-4-8-12-22/h3-12,16-17,23H,13-15,18H2,1-2H3,(H,28,31)(H,29,32)/t23-/m0/s1. The molecule has 2 N–H and O–H groups in total. The van der Waals surface area contributed by atoms with Crippen molar-refractivity contribution in [3.8, 4) is 11.5 Å². The van der Waals surface area contributed by atoms with Gasteiger partial charge in [0.15, 0.2) is 11.5 Å². The second-order valence-corrected chi connectivity index (χ2v) is 8.19. The van der Waals surface area contributed by atoms with Crippen molar-refractivity contribution >= 4 is 17.6 Å². The first kappa shape index (κ1) is 23.2. The number of carbonyl (C=O) groups excluding carboxylic acids is 2. The summed E-state index contributed by atoms with van der Waals surface area (Å²) >= 11 is 0. The molecule has 1 heterocycles. The van der Waals surface area contributed by atoms with E-state index in [0.717, 1.165) is 16.7 Å². The Morgan fingerprint density at radius 3 is 2.18 bits per heavy atom. The fourth-order valence-electron chi connectivity index (χ4n) is 4.11. The molecule has 0 saturated carbocycles. The number of nitrogens with zero attached hydrogens (tertiary/aromatic N) is 1. The van der Waals surface area contributed by atoms with Crippen LogP contribution in [0.5, 0.6) is 11.5 Å². The van der Waals surface area contributed by atoms with Crippen molar-refractivity contribution in [1.29, 1.82) is 0 Å². The molecule has 0 bridgehead atoms. The van der Waals surface area contributed by atoms with Crippen LogP contribution in [0.25, 0.3) is 0 Å². The van der Waals surface area contributed by atoms with Gasteiger partial charge in [-0.2, -0.15) is 0 Å². The Morgan fingerprint density at radius 1 is 0.912 bits per heavy atom. The monoisotopic (exact) mass is 459 g/mol. The number of rotatable bonds is 7. The van der Waals surface area contributed by atoms with E-state index < -0.39 is 6.04 Å². The number of para-hydroxylation sites is 1. The van der Waals surface area contributed by atoms with E-state index in [2.05, 4.69) is 10.6 Å². The average molecular weight is 460 g/mol. The lowest BCUT2D eigenvalue weighted by atomic mass is 9.99. The van der Waals surface area contributed by atoms with Gasteiger partial charge in [0, 0.05) is 25.2 Å². The predicted molar refractivity (Wildman–Crippen MR) is 131 cm³/mol. The van der Waals surface area contributed by atoms with Crippen LogP contribution in [0.15, 0.2) is 72.8 Å². The van der Waals surface area contributed by atoms with Gasteiger partial charge >= 0.3 is 6.03 Å². The lowest BCUT2D eigenvalue weighted by molar-refractivity contribution is -0.118. The summed E-state index contributed by atoms with van der Waals surface area (Å²) in [7, 11) is 3.21. The highest BCUT2D eigenvalue weighted by Gasteiger charge is 2.27. The van der Waals surface area contributed by atoms with E-state index in [0.29, 0.717) is 43.1 Å². The first-order chi connectivity index (χ1) is 16.6. The zero-order valence-corrected chi connectivity index (χ0v) is 19.4. The Kier molecular flexibility index (Phi) is 7.32. The molecule has 0 radical (unpaired) electrons. The summed E-state index contributed by atoms with van der Waals surface area (Å²) in [6.07, 6.45) is 1.09. The van der Waals surface area contributed by atoms with Crippen LogP contribution in [0, 0.1) is 0 Å². The molecule has 0 aromatic heterocycles. The van der Waals surface area contributed by atoms with Crippen LogP contribution in [0.2, 0.25) is 0 Å². The van der Waals surface area contributed by atoms with Gasteiger partial charge in [-0.15, -0.1) is 0 Å². The maximum atomic E-state index is 13.2. The van der Waals surface area contributed by atoms with Crippen molar-refractivity contribution in [3.05, 3.63) is 89.5 Å². The first-order valence-electron chi connectivity index (χ1n) is 11.3. The number of anilines is 1. The molecule has 3 amide bonds. The molecule has 0 fully saturated rings. The summed E-state index contributed by atoms with van der Waals surface area (Å²) in [6, 6.07) is 21.8. The molecule has 0 unspecified atom stereocenters. The second-order valence-electron chi connectivity index (χ2n) is 8.19. The number of benzene rings is 3. The molecule has 0 spiro atoms. The highest BCUT2D eigenvalue weighted by Crippen LogP contribution is 2.33. The molecule has 0 aliphatic carbocycles. The van der Waals surface area contributed by atoms with Gasteiger partial charge in [0.05, 0.1) is 14.2 Å². The third-order valence-electron chi connectivity index (χ3n) is 5.94. The van der Waals surface area contributed by atoms with E-state index in [1.807, 2.05) is 72.8 Å². The lowest BCUT2D eigenvalue weighted by Gasteiger charge is -2.31. The first-order valence-corrected chi connectivity index (χ1v) is 11.3. The number of ether oxygens (including phenoxy) is 2. The van der Waals surface area contributed by atoms with Gasteiger partial charge in [-0.05, 0) is 47.4 Å². The smallest absolute Gasteiger partial charge is 0.318 e. The summed E-state index contributed by atoms with van der Waals surface area (Å²) in [5.41, 5.74) is 3.79. The average Bonchev–Trinajstić information content (AvgIpc) is 2.88. The van der Waals surface area contributed by atoms with E-state index in [4.69, 9.17) is 9.47 Å². The number of carbonyl (C=O) groups is 2. The van der Waals surface area contributed by atoms with Crippen molar-refractivity contribution in [2.45, 2.75) is 25.4 Å². The molecule has 1 aliphatic rings. The van der Waals surface area contributed by atoms with Crippen LogP contribution in [0.4, 0.5) is 10.5 Å². The Balaban J connectivity index is 1.49. The largest absolute Gasteiger partial charge is 0.493 e. The summed E-state index contributed by atoms with van der Waals surface area (Å²) in [4.78, 5) is 28.1. The normalized spacial score (nSPS) is 13.4. The van der Waals surface area contributed by atoms with Gasteiger partial charge in [0.25, 0.3) is 0 Å². The summed E-state index contributed by atoms with van der Waals surface area (Å²) in [6.45, 7) is 0.979. The Bertz CT molecular complexity index is 1140. The minimum absolute atomic E-state index is 0.257. The van der Waals surface area contributed by atoms with Gasteiger partial charge in [0.2, 0.25) is 5.91 Å². The van der Waals surface area contributed by atoms with Crippen LogP contribution in [0.1, 0.15) is 16.7 Å². The Labute approximate surface area is 199 Å². The number of methoxy groups -OCH3 is 2. The molecule has 1 aliphatic heterocycles. The quantitative estimate of drug-likeness (QED) is 0.559. The number of hydrogen-bond acceptors (Lipinski definition) is 4. The zero-order valence-electron chi connectivity index (χ0n) is 19.4. The molecule has 3 aromatic rings. The van der Waals surface area contributed by atoms with Gasteiger partial charge in [0.1, 0.15) is 6.04 Å². The van der Waals surface area contributed by atoms with Crippen LogP contribution >= 0.6 is 0 Å². The third-order valence-corrected chi connectivity index (χ3v) is 5.94. The van der Waals surface area contributed by atoms with Gasteiger partial charge < -0.3 is 25.0 Å². The maximum Gasteiger partial charge on any atom is 0.318 e. The Hall–Kier alpha value is -4.00. The highest BCUT2D eigenvalue weighted by atomic mass is 16.5. The third kappa shape index (κ3) is 5.49. The highest BCUT2D eigenvalue weighted by molar-refractivity contribution is 5.97. The van der Waals surface area contributed by atoms with Gasteiger partial charge in [-0.3, -0.25) is 4.79 Å². The van der Waals surface area contributed by atoms with Crippen LogP contribution in [-0.4, -0.2) is 43.6 Å². The van der Waals surface area contributed by atoms with Crippen molar-refractivity contribution in [2.75, 3.05) is 26.1 Å². The van der Waals surface area contributed by atoms with E-state index in [1.54, 1.807) is 19.1 Å². The van der Waals surface area contributed by atoms with Crippen molar-refractivity contribution < 1.29 is 19.1 Å². The molecular formula is C27H29N3O4. The summed E-state index contributed by atoms with van der Waals surface area (Å²) < 4.78 is 10.8. The lowest BCUT2D eigenvalue weighted by Crippen LogP contribution is -2.51. The number of amides is 3. The van der Waals surface area contributed by atoms with Crippen molar-refractivity contribution in [2.24, 2.45) is 0 Å². The van der Waals surface area contributed by atoms with Crippen LogP contribution < -0.4 is 20.1 Å². The molecule has 7 heteroatoms. The zero-order chi connectivity index (χ0) is 23.9. The molecule has 3 aromatic carbocycles.